The van der Waals surface area contributed by atoms with Crippen LogP contribution in [0, 0.1) is 35.5 Å². The summed E-state index contributed by atoms with van der Waals surface area (Å²) in [7, 11) is 0. The lowest BCUT2D eigenvalue weighted by molar-refractivity contribution is 0.235. The fraction of sp³-hybridized carbons (Fsp3) is 0.407. The number of aliphatic hydroxyl groups excluding tert-OH is 1. The number of hydrogen-bond donors (Lipinski definition) is 4. The second kappa shape index (κ2) is 9.67. The first-order valence-electron chi connectivity index (χ1n) is 11.7. The first-order valence-corrected chi connectivity index (χ1v) is 11.7. The van der Waals surface area contributed by atoms with Gasteiger partial charge >= 0.3 is 0 Å². The fourth-order valence-corrected chi connectivity index (χ4v) is 4.71. The Morgan fingerprint density at radius 1 is 0.879 bits per heavy atom. The molecule has 2 aliphatic rings. The smallest absolute Gasteiger partial charge is 0.131 e. The zero-order valence-electron chi connectivity index (χ0n) is 18.9. The number of imidazole rings is 2. The second-order valence-corrected chi connectivity index (χ2v) is 9.28. The highest BCUT2D eigenvalue weighted by Gasteiger charge is 2.26. The zero-order valence-corrected chi connectivity index (χ0v) is 18.9. The summed E-state index contributed by atoms with van der Waals surface area (Å²) in [6, 6.07) is 8.08. The van der Waals surface area contributed by atoms with Crippen LogP contribution in [0.2, 0.25) is 0 Å². The Balaban J connectivity index is 1.20. The number of nitrogens with zero attached hydrogens (tertiary/aromatic N) is 2. The molecule has 4 N–H and O–H groups in total. The van der Waals surface area contributed by atoms with E-state index in [4.69, 9.17) is 0 Å². The number of aromatic amines is 2. The van der Waals surface area contributed by atoms with Gasteiger partial charge in [-0.15, -0.1) is 0 Å². The molecule has 168 valence electrons. The van der Waals surface area contributed by atoms with Gasteiger partial charge in [0.2, 0.25) is 0 Å². The van der Waals surface area contributed by atoms with Crippen molar-refractivity contribution in [3.63, 3.8) is 0 Å². The molecule has 6 nitrogen and oxygen atoms in total. The molecule has 0 bridgehead atoms. The molecule has 3 aromatic rings. The number of H-pyrrole nitrogens is 2. The number of rotatable bonds is 3. The Morgan fingerprint density at radius 2 is 1.52 bits per heavy atom. The highest BCUT2D eigenvalue weighted by Crippen LogP contribution is 2.36. The van der Waals surface area contributed by atoms with Gasteiger partial charge in [0.25, 0.3) is 0 Å². The Hall–Kier alpha value is -3.32. The maximum atomic E-state index is 9.30. The van der Waals surface area contributed by atoms with Crippen LogP contribution < -0.4 is 5.32 Å². The number of hydrogen-bond acceptors (Lipinski definition) is 4. The third kappa shape index (κ3) is 5.20. The van der Waals surface area contributed by atoms with Crippen LogP contribution in [-0.2, 0) is 0 Å². The molecule has 3 heterocycles. The minimum atomic E-state index is 0.155. The molecule has 4 atom stereocenters. The van der Waals surface area contributed by atoms with Crippen molar-refractivity contribution in [2.24, 2.45) is 11.8 Å². The van der Waals surface area contributed by atoms with Gasteiger partial charge in [0.1, 0.15) is 23.0 Å². The van der Waals surface area contributed by atoms with Crippen molar-refractivity contribution >= 4 is 0 Å². The third-order valence-electron chi connectivity index (χ3n) is 6.64. The van der Waals surface area contributed by atoms with Crippen LogP contribution in [0.1, 0.15) is 78.7 Å². The van der Waals surface area contributed by atoms with Crippen LogP contribution in [0.3, 0.4) is 0 Å². The van der Waals surface area contributed by atoms with Crippen molar-refractivity contribution in [3.05, 3.63) is 70.8 Å². The Labute approximate surface area is 194 Å². The molecule has 1 saturated heterocycles. The van der Waals surface area contributed by atoms with Crippen LogP contribution in [-0.4, -0.2) is 38.2 Å². The monoisotopic (exact) mass is 439 g/mol. The van der Waals surface area contributed by atoms with E-state index in [-0.39, 0.29) is 12.6 Å². The van der Waals surface area contributed by atoms with Crippen LogP contribution in [0.5, 0.6) is 0 Å². The summed E-state index contributed by atoms with van der Waals surface area (Å²) in [4.78, 5) is 15.8. The van der Waals surface area contributed by atoms with Crippen molar-refractivity contribution in [3.8, 4) is 23.7 Å². The first kappa shape index (κ1) is 21.5. The summed E-state index contributed by atoms with van der Waals surface area (Å²) < 4.78 is 0. The molecular weight excluding hydrogens is 410 g/mol. The van der Waals surface area contributed by atoms with Gasteiger partial charge in [-0.1, -0.05) is 18.8 Å². The van der Waals surface area contributed by atoms with E-state index in [9.17, 15) is 5.11 Å². The summed E-state index contributed by atoms with van der Waals surface area (Å²) in [6.45, 7) is 3.34. The lowest BCUT2D eigenvalue weighted by Crippen LogP contribution is -2.15. The topological polar surface area (TPSA) is 89.6 Å². The van der Waals surface area contributed by atoms with Gasteiger partial charge in [-0.25, -0.2) is 9.97 Å². The average Bonchev–Trinajstić information content (AvgIpc) is 3.63. The standard InChI is InChI=1S/C27H29N5O/c1-18-2-9-22(12-18)26-29-15-23(31-26)10-7-19-3-5-20(6-4-19)8-11-24-16-30-27(32-24)25-13-21(17-33)14-28-25/h3-6,15-16,18,21-22,25,28,33H,2,9,12-14,17H2,1H3,(H,29,31)(H,30,32)/t18-,21+,22+,25+/m1/s1. The third-order valence-corrected chi connectivity index (χ3v) is 6.64. The van der Waals surface area contributed by atoms with E-state index in [1.54, 1.807) is 0 Å². The van der Waals surface area contributed by atoms with Gasteiger partial charge in [0.05, 0.1) is 6.04 Å². The summed E-state index contributed by atoms with van der Waals surface area (Å²) in [5, 5.41) is 12.7. The van der Waals surface area contributed by atoms with Gasteiger partial charge in [-0.3, -0.25) is 0 Å². The van der Waals surface area contributed by atoms with Crippen LogP contribution >= 0.6 is 0 Å². The number of nitrogens with one attached hydrogen (secondary N) is 3. The van der Waals surface area contributed by atoms with E-state index >= 15 is 0 Å². The van der Waals surface area contributed by atoms with Crippen LogP contribution in [0.15, 0.2) is 36.7 Å². The average molecular weight is 440 g/mol. The van der Waals surface area contributed by atoms with Crippen LogP contribution in [0.25, 0.3) is 0 Å². The molecule has 1 aromatic carbocycles. The first-order chi connectivity index (χ1) is 16.2. The van der Waals surface area contributed by atoms with Gasteiger partial charge in [0, 0.05) is 42.6 Å². The Morgan fingerprint density at radius 3 is 2.09 bits per heavy atom. The molecule has 2 fully saturated rings. The summed E-state index contributed by atoms with van der Waals surface area (Å²) in [6.07, 6.45) is 8.34. The molecule has 1 aliphatic heterocycles. The SMILES string of the molecule is C[C@@H]1CC[C@H](c2nc(C#Cc3ccc(C#Cc4c[nH]c([C@@H]5C[C@H](CO)CN5)n4)cc3)c[nH]2)C1. The van der Waals surface area contributed by atoms with Crippen molar-refractivity contribution in [2.45, 2.75) is 44.6 Å². The number of benzene rings is 1. The second-order valence-electron chi connectivity index (χ2n) is 9.28. The number of aliphatic hydroxyl groups is 1. The van der Waals surface area contributed by atoms with Crippen LogP contribution in [0.4, 0.5) is 0 Å². The minimum Gasteiger partial charge on any atom is -0.396 e. The molecule has 0 unspecified atom stereocenters. The van der Waals surface area contributed by atoms with Gasteiger partial charge in [-0.2, -0.15) is 0 Å². The molecule has 1 saturated carbocycles. The molecule has 2 aromatic heterocycles. The fourth-order valence-electron chi connectivity index (χ4n) is 4.71. The van der Waals surface area contributed by atoms with Crippen molar-refractivity contribution in [2.75, 3.05) is 13.2 Å². The zero-order chi connectivity index (χ0) is 22.6. The Kier molecular flexibility index (Phi) is 6.30. The lowest BCUT2D eigenvalue weighted by Gasteiger charge is -2.05. The largest absolute Gasteiger partial charge is 0.396 e. The molecular formula is C27H29N5O. The van der Waals surface area contributed by atoms with E-state index in [2.05, 4.69) is 55.9 Å². The Bertz CT molecular complexity index is 1220. The molecule has 0 radical (unpaired) electrons. The summed E-state index contributed by atoms with van der Waals surface area (Å²) in [5.74, 6) is 16.2. The van der Waals surface area contributed by atoms with Gasteiger partial charge in [-0.05, 0) is 73.6 Å². The molecule has 0 spiro atoms. The van der Waals surface area contributed by atoms with Gasteiger partial charge in [0.15, 0.2) is 0 Å². The van der Waals surface area contributed by atoms with Crippen molar-refractivity contribution < 1.29 is 5.11 Å². The minimum absolute atomic E-state index is 0.155. The highest BCUT2D eigenvalue weighted by atomic mass is 16.3. The van der Waals surface area contributed by atoms with Crippen molar-refractivity contribution in [1.29, 1.82) is 0 Å². The van der Waals surface area contributed by atoms with Gasteiger partial charge < -0.3 is 20.4 Å². The molecule has 33 heavy (non-hydrogen) atoms. The maximum absolute atomic E-state index is 9.30. The van der Waals surface area contributed by atoms with E-state index < -0.39 is 0 Å². The van der Waals surface area contributed by atoms with E-state index in [0.717, 1.165) is 47.4 Å². The molecule has 5 rings (SSSR count). The lowest BCUT2D eigenvalue weighted by atomic mass is 10.1. The quantitative estimate of drug-likeness (QED) is 0.471. The molecule has 6 heteroatoms. The predicted molar refractivity (Wildman–Crippen MR) is 127 cm³/mol. The maximum Gasteiger partial charge on any atom is 0.131 e. The van der Waals surface area contributed by atoms with E-state index in [1.165, 1.54) is 19.3 Å². The van der Waals surface area contributed by atoms with Crippen molar-refractivity contribution in [1.82, 2.24) is 25.3 Å². The molecule has 1 aliphatic carbocycles. The molecule has 0 amide bonds. The number of aromatic nitrogens is 4. The highest BCUT2D eigenvalue weighted by molar-refractivity contribution is 5.46. The van der Waals surface area contributed by atoms with E-state index in [0.29, 0.717) is 17.5 Å². The predicted octanol–water partition coefficient (Wildman–Crippen LogP) is 3.48. The van der Waals surface area contributed by atoms with E-state index in [1.807, 2.05) is 36.7 Å². The summed E-state index contributed by atoms with van der Waals surface area (Å²) >= 11 is 0. The normalized spacial score (nSPS) is 24.2. The summed E-state index contributed by atoms with van der Waals surface area (Å²) in [5.41, 5.74) is 3.37.